The molecular weight excluding hydrogens is 173 g/mol. The zero-order valence-electron chi connectivity index (χ0n) is 6.54. The van der Waals surface area contributed by atoms with Crippen molar-refractivity contribution < 1.29 is 14.3 Å². The van der Waals surface area contributed by atoms with Crippen LogP contribution in [-0.4, -0.2) is 16.4 Å². The molecule has 0 amide bonds. The molecule has 3 nitrogen and oxygen atoms in total. The number of halogens is 1. The number of carbonyl (C=O) groups is 1. The SMILES string of the molecule is O=Cc1c(O)[nH]c2cc(F)ccc12. The lowest BCUT2D eigenvalue weighted by molar-refractivity contribution is 0.112. The Morgan fingerprint density at radius 2 is 2.23 bits per heavy atom. The van der Waals surface area contributed by atoms with Crippen molar-refractivity contribution in [3.05, 3.63) is 29.6 Å². The molecule has 1 aromatic heterocycles. The summed E-state index contributed by atoms with van der Waals surface area (Å²) in [5, 5.41) is 9.74. The summed E-state index contributed by atoms with van der Waals surface area (Å²) < 4.78 is 12.7. The Balaban J connectivity index is 2.86. The van der Waals surface area contributed by atoms with Crippen LogP contribution < -0.4 is 0 Å². The van der Waals surface area contributed by atoms with Gasteiger partial charge in [-0.05, 0) is 18.2 Å². The molecule has 1 heterocycles. The molecule has 0 bridgehead atoms. The first-order valence-corrected chi connectivity index (χ1v) is 3.68. The monoisotopic (exact) mass is 179 g/mol. The fraction of sp³-hybridized carbons (Fsp3) is 0. The molecule has 0 spiro atoms. The van der Waals surface area contributed by atoms with Gasteiger partial charge in [-0.3, -0.25) is 4.79 Å². The number of benzene rings is 1. The quantitative estimate of drug-likeness (QED) is 0.656. The molecule has 13 heavy (non-hydrogen) atoms. The highest BCUT2D eigenvalue weighted by Gasteiger charge is 2.09. The minimum absolute atomic E-state index is 0.162. The lowest BCUT2D eigenvalue weighted by Crippen LogP contribution is -1.76. The van der Waals surface area contributed by atoms with E-state index in [1.54, 1.807) is 0 Å². The van der Waals surface area contributed by atoms with E-state index >= 15 is 0 Å². The van der Waals surface area contributed by atoms with Gasteiger partial charge in [-0.1, -0.05) is 0 Å². The Morgan fingerprint density at radius 3 is 2.92 bits per heavy atom. The topological polar surface area (TPSA) is 53.1 Å². The van der Waals surface area contributed by atoms with Gasteiger partial charge in [-0.15, -0.1) is 0 Å². The number of aldehydes is 1. The lowest BCUT2D eigenvalue weighted by Gasteiger charge is -1.89. The van der Waals surface area contributed by atoms with Gasteiger partial charge in [0.15, 0.2) is 12.2 Å². The van der Waals surface area contributed by atoms with Crippen LogP contribution in [0.25, 0.3) is 10.9 Å². The Kier molecular flexibility index (Phi) is 1.55. The molecule has 0 aliphatic heterocycles. The maximum Gasteiger partial charge on any atom is 0.200 e. The number of aromatic amines is 1. The molecule has 0 aliphatic rings. The van der Waals surface area contributed by atoms with Crippen LogP contribution in [0.1, 0.15) is 10.4 Å². The Morgan fingerprint density at radius 1 is 1.46 bits per heavy atom. The van der Waals surface area contributed by atoms with E-state index in [0.717, 1.165) is 0 Å². The van der Waals surface area contributed by atoms with Crippen LogP contribution >= 0.6 is 0 Å². The molecule has 0 unspecified atom stereocenters. The first kappa shape index (κ1) is 7.79. The molecule has 0 radical (unpaired) electrons. The van der Waals surface area contributed by atoms with E-state index in [9.17, 15) is 14.3 Å². The minimum Gasteiger partial charge on any atom is -0.494 e. The van der Waals surface area contributed by atoms with E-state index in [1.807, 2.05) is 0 Å². The molecule has 0 atom stereocenters. The summed E-state index contributed by atoms with van der Waals surface area (Å²) in [6.45, 7) is 0. The van der Waals surface area contributed by atoms with Gasteiger partial charge >= 0.3 is 0 Å². The number of hydrogen-bond acceptors (Lipinski definition) is 2. The molecule has 4 heteroatoms. The number of hydrogen-bond donors (Lipinski definition) is 2. The van der Waals surface area contributed by atoms with Crippen LogP contribution in [-0.2, 0) is 0 Å². The molecule has 0 saturated carbocycles. The van der Waals surface area contributed by atoms with E-state index in [1.165, 1.54) is 18.2 Å². The average molecular weight is 179 g/mol. The predicted octanol–water partition coefficient (Wildman–Crippen LogP) is 1.83. The molecular formula is C9H6FNO2. The fourth-order valence-electron chi connectivity index (χ4n) is 1.30. The summed E-state index contributed by atoms with van der Waals surface area (Å²) in [7, 11) is 0. The van der Waals surface area contributed by atoms with Crippen LogP contribution in [0.15, 0.2) is 18.2 Å². The maximum absolute atomic E-state index is 12.7. The Bertz CT molecular complexity index is 476. The van der Waals surface area contributed by atoms with Crippen molar-refractivity contribution in [2.24, 2.45) is 0 Å². The largest absolute Gasteiger partial charge is 0.494 e. The number of carbonyl (C=O) groups excluding carboxylic acids is 1. The highest BCUT2D eigenvalue weighted by Crippen LogP contribution is 2.25. The summed E-state index contributed by atoms with van der Waals surface area (Å²) in [5.41, 5.74) is 0.578. The molecule has 0 aliphatic carbocycles. The number of rotatable bonds is 1. The summed E-state index contributed by atoms with van der Waals surface area (Å²) in [6.07, 6.45) is 0.534. The second-order valence-corrected chi connectivity index (χ2v) is 2.70. The van der Waals surface area contributed by atoms with Crippen molar-refractivity contribution in [3.8, 4) is 5.88 Å². The van der Waals surface area contributed by atoms with Crippen LogP contribution in [0, 0.1) is 5.82 Å². The highest BCUT2D eigenvalue weighted by molar-refractivity contribution is 6.00. The van der Waals surface area contributed by atoms with Crippen molar-refractivity contribution in [1.29, 1.82) is 0 Å². The number of fused-ring (bicyclic) bond motifs is 1. The fourth-order valence-corrected chi connectivity index (χ4v) is 1.30. The van der Waals surface area contributed by atoms with Crippen molar-refractivity contribution in [3.63, 3.8) is 0 Å². The number of nitrogens with one attached hydrogen (secondary N) is 1. The van der Waals surface area contributed by atoms with Crippen molar-refractivity contribution in [2.75, 3.05) is 0 Å². The van der Waals surface area contributed by atoms with Gasteiger partial charge in [-0.2, -0.15) is 0 Å². The smallest absolute Gasteiger partial charge is 0.200 e. The zero-order valence-corrected chi connectivity index (χ0v) is 6.54. The molecule has 2 N–H and O–H groups in total. The minimum atomic E-state index is -0.411. The van der Waals surface area contributed by atoms with Gasteiger partial charge in [0.1, 0.15) is 5.82 Å². The molecule has 2 aromatic rings. The summed E-state index contributed by atoms with van der Waals surface area (Å²) in [6, 6.07) is 3.91. The normalized spacial score (nSPS) is 10.5. The average Bonchev–Trinajstić information content (AvgIpc) is 2.39. The Hall–Kier alpha value is -1.84. The third-order valence-electron chi connectivity index (χ3n) is 1.90. The summed E-state index contributed by atoms with van der Waals surface area (Å²) >= 11 is 0. The Labute approximate surface area is 72.8 Å². The van der Waals surface area contributed by atoms with E-state index in [2.05, 4.69) is 4.98 Å². The second kappa shape index (κ2) is 2.58. The van der Waals surface area contributed by atoms with E-state index in [4.69, 9.17) is 0 Å². The first-order valence-electron chi connectivity index (χ1n) is 3.68. The van der Waals surface area contributed by atoms with Gasteiger partial charge in [0.05, 0.1) is 11.1 Å². The van der Waals surface area contributed by atoms with Crippen molar-refractivity contribution in [2.45, 2.75) is 0 Å². The van der Waals surface area contributed by atoms with Gasteiger partial charge < -0.3 is 10.1 Å². The van der Waals surface area contributed by atoms with E-state index in [-0.39, 0.29) is 11.4 Å². The highest BCUT2D eigenvalue weighted by atomic mass is 19.1. The third kappa shape index (κ3) is 1.07. The standard InChI is InChI=1S/C9H6FNO2/c10-5-1-2-6-7(4-12)9(13)11-8(6)3-5/h1-4,11,13H. The van der Waals surface area contributed by atoms with Crippen LogP contribution in [0.4, 0.5) is 4.39 Å². The van der Waals surface area contributed by atoms with Crippen molar-refractivity contribution >= 4 is 17.2 Å². The summed E-state index contributed by atoms with van der Waals surface area (Å²) in [4.78, 5) is 13.0. The second-order valence-electron chi connectivity index (χ2n) is 2.70. The molecule has 0 saturated heterocycles. The number of aromatic hydroxyl groups is 1. The molecule has 0 fully saturated rings. The summed E-state index contributed by atoms with van der Waals surface area (Å²) in [5.74, 6) is -0.637. The lowest BCUT2D eigenvalue weighted by atomic mass is 10.2. The predicted molar refractivity (Wildman–Crippen MR) is 45.3 cm³/mol. The third-order valence-corrected chi connectivity index (χ3v) is 1.90. The van der Waals surface area contributed by atoms with E-state index in [0.29, 0.717) is 17.2 Å². The van der Waals surface area contributed by atoms with Gasteiger partial charge in [0.25, 0.3) is 0 Å². The van der Waals surface area contributed by atoms with Crippen LogP contribution in [0.2, 0.25) is 0 Å². The number of aromatic nitrogens is 1. The van der Waals surface area contributed by atoms with Crippen molar-refractivity contribution in [1.82, 2.24) is 4.98 Å². The maximum atomic E-state index is 12.7. The molecule has 66 valence electrons. The molecule has 2 rings (SSSR count). The van der Waals surface area contributed by atoms with E-state index < -0.39 is 5.82 Å². The van der Waals surface area contributed by atoms with Gasteiger partial charge in [0.2, 0.25) is 0 Å². The first-order chi connectivity index (χ1) is 6.22. The van der Waals surface area contributed by atoms with Gasteiger partial charge in [0, 0.05) is 5.39 Å². The molecule has 1 aromatic carbocycles. The number of H-pyrrole nitrogens is 1. The van der Waals surface area contributed by atoms with Crippen LogP contribution in [0.5, 0.6) is 5.88 Å². The van der Waals surface area contributed by atoms with Crippen LogP contribution in [0.3, 0.4) is 0 Å². The van der Waals surface area contributed by atoms with Gasteiger partial charge in [-0.25, -0.2) is 4.39 Å². The zero-order chi connectivity index (χ0) is 9.42.